The van der Waals surface area contributed by atoms with Gasteiger partial charge in [0.25, 0.3) is 11.8 Å². The van der Waals surface area contributed by atoms with Crippen LogP contribution in [0.15, 0.2) is 48.5 Å². The molecule has 3 N–H and O–H groups in total. The molecule has 0 aliphatic carbocycles. The van der Waals surface area contributed by atoms with Gasteiger partial charge < -0.3 is 10.6 Å². The molecule has 130 valence electrons. The molecule has 0 spiro atoms. The Morgan fingerprint density at radius 3 is 2.56 bits per heavy atom. The first-order valence-electron chi connectivity index (χ1n) is 7.76. The standard InChI is InChI=1S/C18H18ClN3O2S/c1-2-10-20-17(24)14-8-3-4-9-15(14)21-18(25)22-16(23)12-6-5-7-13(19)11-12/h3-9,11H,2,10H2,1H3,(H,20,24)(H2,21,22,23,25). The van der Waals surface area contributed by atoms with Crippen molar-refractivity contribution < 1.29 is 9.59 Å². The molecule has 2 aromatic rings. The summed E-state index contributed by atoms with van der Waals surface area (Å²) in [4.78, 5) is 24.4. The van der Waals surface area contributed by atoms with Crippen LogP contribution in [0.5, 0.6) is 0 Å². The smallest absolute Gasteiger partial charge is 0.257 e. The Labute approximate surface area is 156 Å². The van der Waals surface area contributed by atoms with Gasteiger partial charge in [-0.25, -0.2) is 0 Å². The number of amides is 2. The first-order chi connectivity index (χ1) is 12.0. The van der Waals surface area contributed by atoms with E-state index in [0.717, 1.165) is 6.42 Å². The summed E-state index contributed by atoms with van der Waals surface area (Å²) in [6, 6.07) is 13.5. The fraction of sp³-hybridized carbons (Fsp3) is 0.167. The Morgan fingerprint density at radius 1 is 1.08 bits per heavy atom. The Hall–Kier alpha value is -2.44. The van der Waals surface area contributed by atoms with Crippen molar-refractivity contribution in [2.45, 2.75) is 13.3 Å². The summed E-state index contributed by atoms with van der Waals surface area (Å²) >= 11 is 11.1. The van der Waals surface area contributed by atoms with Gasteiger partial charge in [-0.15, -0.1) is 0 Å². The number of para-hydroxylation sites is 1. The van der Waals surface area contributed by atoms with Crippen LogP contribution in [0, 0.1) is 0 Å². The molecule has 0 radical (unpaired) electrons. The number of carbonyl (C=O) groups excluding carboxylic acids is 2. The summed E-state index contributed by atoms with van der Waals surface area (Å²) in [5.41, 5.74) is 1.37. The SMILES string of the molecule is CCCNC(=O)c1ccccc1NC(=S)NC(=O)c1cccc(Cl)c1. The van der Waals surface area contributed by atoms with E-state index in [1.807, 2.05) is 6.92 Å². The second-order valence-corrected chi connectivity index (χ2v) is 6.06. The summed E-state index contributed by atoms with van der Waals surface area (Å²) < 4.78 is 0. The normalized spacial score (nSPS) is 10.0. The molecule has 0 heterocycles. The van der Waals surface area contributed by atoms with Crippen LogP contribution >= 0.6 is 23.8 Å². The highest BCUT2D eigenvalue weighted by molar-refractivity contribution is 7.80. The van der Waals surface area contributed by atoms with Crippen molar-refractivity contribution in [2.24, 2.45) is 0 Å². The molecular weight excluding hydrogens is 358 g/mol. The zero-order valence-corrected chi connectivity index (χ0v) is 15.2. The van der Waals surface area contributed by atoms with E-state index in [0.29, 0.717) is 28.4 Å². The lowest BCUT2D eigenvalue weighted by Crippen LogP contribution is -2.35. The van der Waals surface area contributed by atoms with E-state index in [-0.39, 0.29) is 16.9 Å². The largest absolute Gasteiger partial charge is 0.352 e. The van der Waals surface area contributed by atoms with Gasteiger partial charge in [0.05, 0.1) is 11.3 Å². The van der Waals surface area contributed by atoms with Gasteiger partial charge in [-0.3, -0.25) is 14.9 Å². The molecule has 0 aromatic heterocycles. The van der Waals surface area contributed by atoms with Gasteiger partial charge in [0.1, 0.15) is 0 Å². The van der Waals surface area contributed by atoms with Gasteiger partial charge >= 0.3 is 0 Å². The molecule has 0 atom stereocenters. The van der Waals surface area contributed by atoms with Crippen LogP contribution in [-0.4, -0.2) is 23.5 Å². The minimum absolute atomic E-state index is 0.0979. The lowest BCUT2D eigenvalue weighted by molar-refractivity contribution is 0.0952. The Bertz CT molecular complexity index is 795. The molecule has 0 unspecified atom stereocenters. The molecule has 0 bridgehead atoms. The summed E-state index contributed by atoms with van der Waals surface area (Å²) in [5.74, 6) is -0.582. The average Bonchev–Trinajstić information content (AvgIpc) is 2.60. The maximum atomic E-state index is 12.2. The Balaban J connectivity index is 2.05. The van der Waals surface area contributed by atoms with Crippen LogP contribution in [0.25, 0.3) is 0 Å². The van der Waals surface area contributed by atoms with Crippen LogP contribution in [0.2, 0.25) is 5.02 Å². The van der Waals surface area contributed by atoms with E-state index >= 15 is 0 Å². The number of carbonyl (C=O) groups is 2. The van der Waals surface area contributed by atoms with Crippen molar-refractivity contribution in [3.8, 4) is 0 Å². The molecule has 0 fully saturated rings. The summed E-state index contributed by atoms with van der Waals surface area (Å²) in [6.45, 7) is 2.56. The molecule has 0 aliphatic heterocycles. The third-order valence-electron chi connectivity index (χ3n) is 3.27. The summed E-state index contributed by atoms with van der Waals surface area (Å²) in [6.07, 6.45) is 0.843. The molecular formula is C18H18ClN3O2S. The lowest BCUT2D eigenvalue weighted by atomic mass is 10.1. The van der Waals surface area contributed by atoms with Crippen molar-refractivity contribution >= 4 is 46.4 Å². The fourth-order valence-corrected chi connectivity index (χ4v) is 2.48. The maximum absolute atomic E-state index is 12.2. The fourth-order valence-electron chi connectivity index (χ4n) is 2.08. The Kier molecular flexibility index (Phi) is 6.91. The highest BCUT2D eigenvalue weighted by Gasteiger charge is 2.13. The first-order valence-corrected chi connectivity index (χ1v) is 8.55. The van der Waals surface area contributed by atoms with E-state index in [1.165, 1.54) is 0 Å². The molecule has 0 aliphatic rings. The number of benzene rings is 2. The monoisotopic (exact) mass is 375 g/mol. The van der Waals surface area contributed by atoms with Crippen LogP contribution in [-0.2, 0) is 0 Å². The molecule has 0 saturated carbocycles. The van der Waals surface area contributed by atoms with Crippen molar-refractivity contribution in [1.82, 2.24) is 10.6 Å². The first kappa shape index (κ1) is 18.9. The molecule has 5 nitrogen and oxygen atoms in total. The molecule has 2 aromatic carbocycles. The van der Waals surface area contributed by atoms with Gasteiger partial charge in [-0.1, -0.05) is 36.7 Å². The van der Waals surface area contributed by atoms with E-state index in [9.17, 15) is 9.59 Å². The number of nitrogens with one attached hydrogen (secondary N) is 3. The topological polar surface area (TPSA) is 70.2 Å². The van der Waals surface area contributed by atoms with E-state index in [1.54, 1.807) is 48.5 Å². The number of rotatable bonds is 5. The molecule has 25 heavy (non-hydrogen) atoms. The second-order valence-electron chi connectivity index (χ2n) is 5.22. The van der Waals surface area contributed by atoms with Gasteiger partial charge in [-0.05, 0) is 49.0 Å². The predicted octanol–water partition coefficient (Wildman–Crippen LogP) is 3.61. The van der Waals surface area contributed by atoms with Crippen molar-refractivity contribution in [2.75, 3.05) is 11.9 Å². The Morgan fingerprint density at radius 2 is 1.84 bits per heavy atom. The lowest BCUT2D eigenvalue weighted by Gasteiger charge is -2.13. The molecule has 2 amide bonds. The number of hydrogen-bond acceptors (Lipinski definition) is 3. The third kappa shape index (κ3) is 5.55. The van der Waals surface area contributed by atoms with Crippen LogP contribution in [0.1, 0.15) is 34.1 Å². The number of halogens is 1. The van der Waals surface area contributed by atoms with Crippen molar-refractivity contribution in [3.63, 3.8) is 0 Å². The van der Waals surface area contributed by atoms with Gasteiger partial charge in [-0.2, -0.15) is 0 Å². The van der Waals surface area contributed by atoms with E-state index in [4.69, 9.17) is 23.8 Å². The number of thiocarbonyl (C=S) groups is 1. The average molecular weight is 376 g/mol. The number of hydrogen-bond donors (Lipinski definition) is 3. The van der Waals surface area contributed by atoms with Crippen LogP contribution in [0.4, 0.5) is 5.69 Å². The quantitative estimate of drug-likeness (QED) is 0.698. The maximum Gasteiger partial charge on any atom is 0.257 e. The second kappa shape index (κ2) is 9.15. The van der Waals surface area contributed by atoms with Crippen molar-refractivity contribution in [1.29, 1.82) is 0 Å². The highest BCUT2D eigenvalue weighted by Crippen LogP contribution is 2.15. The minimum atomic E-state index is -0.382. The predicted molar refractivity (Wildman–Crippen MR) is 104 cm³/mol. The van der Waals surface area contributed by atoms with Crippen LogP contribution in [0.3, 0.4) is 0 Å². The molecule has 0 saturated heterocycles. The zero-order chi connectivity index (χ0) is 18.2. The highest BCUT2D eigenvalue weighted by atomic mass is 35.5. The van der Waals surface area contributed by atoms with E-state index < -0.39 is 0 Å². The summed E-state index contributed by atoms with van der Waals surface area (Å²) in [5, 5.41) is 8.83. The zero-order valence-electron chi connectivity index (χ0n) is 13.6. The van der Waals surface area contributed by atoms with Gasteiger partial charge in [0.15, 0.2) is 5.11 Å². The summed E-state index contributed by atoms with van der Waals surface area (Å²) in [7, 11) is 0. The van der Waals surface area contributed by atoms with Crippen molar-refractivity contribution in [3.05, 3.63) is 64.7 Å². The molecule has 2 rings (SSSR count). The molecule has 7 heteroatoms. The van der Waals surface area contributed by atoms with Crippen LogP contribution < -0.4 is 16.0 Å². The van der Waals surface area contributed by atoms with Gasteiger partial charge in [0, 0.05) is 17.1 Å². The number of anilines is 1. The third-order valence-corrected chi connectivity index (χ3v) is 3.71. The minimum Gasteiger partial charge on any atom is -0.352 e. The van der Waals surface area contributed by atoms with Gasteiger partial charge in [0.2, 0.25) is 0 Å². The van der Waals surface area contributed by atoms with E-state index in [2.05, 4.69) is 16.0 Å².